The number of methoxy groups -OCH3 is 1. The van der Waals surface area contributed by atoms with Crippen LogP contribution in [0.2, 0.25) is 0 Å². The van der Waals surface area contributed by atoms with Crippen LogP contribution < -0.4 is 5.56 Å². The minimum absolute atomic E-state index is 0.0562. The van der Waals surface area contributed by atoms with E-state index in [0.29, 0.717) is 18.7 Å². The molecule has 7 nitrogen and oxygen atoms in total. The second-order valence-corrected chi connectivity index (χ2v) is 7.67. The molecule has 0 fully saturated rings. The summed E-state index contributed by atoms with van der Waals surface area (Å²) in [6.07, 6.45) is 3.83. The van der Waals surface area contributed by atoms with Crippen molar-refractivity contribution in [3.05, 3.63) is 80.2 Å². The second kappa shape index (κ2) is 9.09. The standard InChI is InChI=1S/C21H22BrN3O4/c1-13-8-18(26)20(21(28)25(13)7-6-16-11-23-12-24-16)17(10-19(27)29-2)14-4-3-5-15(22)9-14/h3-5,8-9,11-12,17,26H,6-7,10H2,1-2H3,(H,23,24). The molecule has 0 saturated carbocycles. The van der Waals surface area contributed by atoms with Crippen molar-refractivity contribution in [3.63, 3.8) is 0 Å². The minimum atomic E-state index is -0.633. The van der Waals surface area contributed by atoms with Gasteiger partial charge in [0.1, 0.15) is 5.75 Å². The summed E-state index contributed by atoms with van der Waals surface area (Å²) in [5.74, 6) is -1.22. The van der Waals surface area contributed by atoms with Crippen molar-refractivity contribution in [2.24, 2.45) is 0 Å². The highest BCUT2D eigenvalue weighted by Crippen LogP contribution is 2.33. The van der Waals surface area contributed by atoms with Gasteiger partial charge in [0.2, 0.25) is 0 Å². The maximum Gasteiger partial charge on any atom is 0.306 e. The number of aryl methyl sites for hydroxylation is 2. The van der Waals surface area contributed by atoms with Crippen LogP contribution in [0.5, 0.6) is 5.75 Å². The molecule has 152 valence electrons. The summed E-state index contributed by atoms with van der Waals surface area (Å²) in [6.45, 7) is 2.19. The summed E-state index contributed by atoms with van der Waals surface area (Å²) in [5.41, 5.74) is 2.15. The van der Waals surface area contributed by atoms with Gasteiger partial charge in [-0.2, -0.15) is 0 Å². The normalized spacial score (nSPS) is 12.0. The van der Waals surface area contributed by atoms with E-state index in [0.717, 1.165) is 15.7 Å². The zero-order valence-electron chi connectivity index (χ0n) is 16.2. The lowest BCUT2D eigenvalue weighted by atomic mass is 9.88. The summed E-state index contributed by atoms with van der Waals surface area (Å²) in [6, 6.07) is 8.90. The average molecular weight is 460 g/mol. The van der Waals surface area contributed by atoms with Crippen LogP contribution in [0.3, 0.4) is 0 Å². The van der Waals surface area contributed by atoms with E-state index in [1.54, 1.807) is 30.1 Å². The Bertz CT molecular complexity index is 1060. The van der Waals surface area contributed by atoms with Gasteiger partial charge in [-0.1, -0.05) is 28.1 Å². The zero-order chi connectivity index (χ0) is 21.0. The van der Waals surface area contributed by atoms with Crippen molar-refractivity contribution in [1.82, 2.24) is 14.5 Å². The molecule has 0 bridgehead atoms. The first-order valence-electron chi connectivity index (χ1n) is 9.13. The van der Waals surface area contributed by atoms with Gasteiger partial charge in [-0.05, 0) is 30.7 Å². The van der Waals surface area contributed by atoms with Gasteiger partial charge in [-0.15, -0.1) is 0 Å². The molecule has 0 radical (unpaired) electrons. The number of rotatable bonds is 7. The van der Waals surface area contributed by atoms with E-state index in [4.69, 9.17) is 4.74 Å². The van der Waals surface area contributed by atoms with Gasteiger partial charge in [0.25, 0.3) is 5.56 Å². The van der Waals surface area contributed by atoms with Crippen LogP contribution in [-0.4, -0.2) is 32.7 Å². The Hall–Kier alpha value is -2.87. The van der Waals surface area contributed by atoms with Crippen molar-refractivity contribution in [1.29, 1.82) is 0 Å². The molecule has 0 aliphatic heterocycles. The Morgan fingerprint density at radius 1 is 1.38 bits per heavy atom. The molecule has 1 aromatic carbocycles. The molecule has 3 aromatic rings. The first-order valence-corrected chi connectivity index (χ1v) is 9.92. The fourth-order valence-electron chi connectivity index (χ4n) is 3.39. The predicted octanol–water partition coefficient (Wildman–Crippen LogP) is 3.29. The summed E-state index contributed by atoms with van der Waals surface area (Å²) in [5, 5.41) is 10.6. The van der Waals surface area contributed by atoms with Crippen LogP contribution in [0.15, 0.2) is 52.1 Å². The number of carbonyl (C=O) groups excluding carboxylic acids is 1. The molecule has 0 spiro atoms. The van der Waals surface area contributed by atoms with Crippen LogP contribution in [0.4, 0.5) is 0 Å². The summed E-state index contributed by atoms with van der Waals surface area (Å²) in [7, 11) is 1.30. The van der Waals surface area contributed by atoms with Gasteiger partial charge >= 0.3 is 5.97 Å². The maximum atomic E-state index is 13.4. The highest BCUT2D eigenvalue weighted by atomic mass is 79.9. The van der Waals surface area contributed by atoms with E-state index in [1.165, 1.54) is 7.11 Å². The fraction of sp³-hybridized carbons (Fsp3) is 0.286. The highest BCUT2D eigenvalue weighted by Gasteiger charge is 2.26. The Labute approximate surface area is 176 Å². The molecule has 3 rings (SSSR count). The number of halogens is 1. The lowest BCUT2D eigenvalue weighted by molar-refractivity contribution is -0.140. The van der Waals surface area contributed by atoms with Crippen molar-refractivity contribution in [3.8, 4) is 5.75 Å². The molecular formula is C21H22BrN3O4. The number of nitrogens with zero attached hydrogens (tertiary/aromatic N) is 2. The molecular weight excluding hydrogens is 438 g/mol. The van der Waals surface area contributed by atoms with Gasteiger partial charge in [0.05, 0.1) is 25.4 Å². The number of aromatic amines is 1. The number of esters is 1. The van der Waals surface area contributed by atoms with E-state index < -0.39 is 11.9 Å². The molecule has 2 aromatic heterocycles. The third-order valence-electron chi connectivity index (χ3n) is 4.88. The van der Waals surface area contributed by atoms with Crippen molar-refractivity contribution in [2.75, 3.05) is 7.11 Å². The molecule has 2 N–H and O–H groups in total. The van der Waals surface area contributed by atoms with E-state index in [1.807, 2.05) is 24.3 Å². The fourth-order valence-corrected chi connectivity index (χ4v) is 3.80. The number of imidazole rings is 1. The number of hydrogen-bond donors (Lipinski definition) is 2. The number of aromatic hydroxyl groups is 1. The molecule has 0 amide bonds. The van der Waals surface area contributed by atoms with Crippen LogP contribution in [0, 0.1) is 6.92 Å². The van der Waals surface area contributed by atoms with E-state index >= 15 is 0 Å². The number of benzene rings is 1. The monoisotopic (exact) mass is 459 g/mol. The van der Waals surface area contributed by atoms with Crippen LogP contribution >= 0.6 is 15.9 Å². The molecule has 0 saturated heterocycles. The van der Waals surface area contributed by atoms with Gasteiger partial charge in [0, 0.05) is 40.9 Å². The molecule has 1 unspecified atom stereocenters. The summed E-state index contributed by atoms with van der Waals surface area (Å²) < 4.78 is 7.26. The largest absolute Gasteiger partial charge is 0.507 e. The number of pyridine rings is 1. The van der Waals surface area contributed by atoms with Crippen LogP contribution in [0.1, 0.15) is 34.9 Å². The van der Waals surface area contributed by atoms with Gasteiger partial charge < -0.3 is 19.4 Å². The predicted molar refractivity (Wildman–Crippen MR) is 112 cm³/mol. The van der Waals surface area contributed by atoms with Crippen LogP contribution in [-0.2, 0) is 22.5 Å². The number of hydrogen-bond acceptors (Lipinski definition) is 5. The minimum Gasteiger partial charge on any atom is -0.507 e. The Kier molecular flexibility index (Phi) is 6.53. The maximum absolute atomic E-state index is 13.4. The third-order valence-corrected chi connectivity index (χ3v) is 5.37. The zero-order valence-corrected chi connectivity index (χ0v) is 17.8. The summed E-state index contributed by atoms with van der Waals surface area (Å²) in [4.78, 5) is 32.4. The SMILES string of the molecule is COC(=O)CC(c1cccc(Br)c1)c1c(O)cc(C)n(CCc2cnc[nH]2)c1=O. The first kappa shape index (κ1) is 20.9. The molecule has 0 aliphatic carbocycles. The number of H-pyrrole nitrogens is 1. The van der Waals surface area contributed by atoms with Gasteiger partial charge in [0.15, 0.2) is 0 Å². The van der Waals surface area contributed by atoms with Gasteiger partial charge in [-0.25, -0.2) is 4.98 Å². The quantitative estimate of drug-likeness (QED) is 0.528. The molecule has 29 heavy (non-hydrogen) atoms. The average Bonchev–Trinajstić information content (AvgIpc) is 3.20. The Morgan fingerprint density at radius 3 is 2.83 bits per heavy atom. The molecule has 1 atom stereocenters. The Balaban J connectivity index is 2.07. The first-order chi connectivity index (χ1) is 13.9. The van der Waals surface area contributed by atoms with E-state index in [9.17, 15) is 14.7 Å². The number of aromatic nitrogens is 3. The van der Waals surface area contributed by atoms with Gasteiger partial charge in [-0.3, -0.25) is 9.59 Å². The smallest absolute Gasteiger partial charge is 0.306 e. The van der Waals surface area contributed by atoms with Crippen molar-refractivity contribution in [2.45, 2.75) is 32.2 Å². The topological polar surface area (TPSA) is 97.2 Å². The number of carbonyl (C=O) groups is 1. The molecule has 0 aliphatic rings. The number of ether oxygens (including phenoxy) is 1. The van der Waals surface area contributed by atoms with Crippen molar-refractivity contribution >= 4 is 21.9 Å². The van der Waals surface area contributed by atoms with Crippen LogP contribution in [0.25, 0.3) is 0 Å². The highest BCUT2D eigenvalue weighted by molar-refractivity contribution is 9.10. The lowest BCUT2D eigenvalue weighted by Gasteiger charge is -2.20. The second-order valence-electron chi connectivity index (χ2n) is 6.76. The van der Waals surface area contributed by atoms with E-state index in [2.05, 4.69) is 25.9 Å². The lowest BCUT2D eigenvalue weighted by Crippen LogP contribution is -2.29. The Morgan fingerprint density at radius 2 is 2.17 bits per heavy atom. The molecule has 8 heteroatoms. The van der Waals surface area contributed by atoms with E-state index in [-0.39, 0.29) is 23.3 Å². The van der Waals surface area contributed by atoms with Crippen molar-refractivity contribution < 1.29 is 14.6 Å². The molecule has 2 heterocycles. The third kappa shape index (κ3) is 4.76. The number of nitrogens with one attached hydrogen (secondary N) is 1. The summed E-state index contributed by atoms with van der Waals surface area (Å²) >= 11 is 3.42.